The zero-order valence-corrected chi connectivity index (χ0v) is 13.5. The monoisotopic (exact) mass is 365 g/mol. The fraction of sp³-hybridized carbons (Fsp3) is 0.133. The number of aromatic amines is 2. The molecule has 3 N–H and O–H groups in total. The molecule has 4 nitrogen and oxygen atoms in total. The molecular weight excluding hydrogens is 354 g/mol. The van der Waals surface area contributed by atoms with Gasteiger partial charge in [-0.15, -0.1) is 0 Å². The Morgan fingerprint density at radius 1 is 1.14 bits per heavy atom. The molecule has 6 heteroatoms. The highest BCUT2D eigenvalue weighted by Crippen LogP contribution is 2.29. The van der Waals surface area contributed by atoms with Gasteiger partial charge in [0, 0.05) is 15.5 Å². The van der Waals surface area contributed by atoms with Gasteiger partial charge in [0.15, 0.2) is 0 Å². The van der Waals surface area contributed by atoms with Gasteiger partial charge in [0.2, 0.25) is 0 Å². The second kappa shape index (κ2) is 5.58. The molecule has 0 aliphatic carbocycles. The van der Waals surface area contributed by atoms with E-state index in [1.165, 1.54) is 0 Å². The van der Waals surface area contributed by atoms with Crippen LogP contribution in [0.15, 0.2) is 45.7 Å². The molecule has 0 saturated heterocycles. The van der Waals surface area contributed by atoms with Crippen LogP contribution in [0.25, 0.3) is 11.0 Å². The number of fused-ring (bicyclic) bond motifs is 1. The molecule has 0 saturated carbocycles. The average molecular weight is 367 g/mol. The van der Waals surface area contributed by atoms with Crippen LogP contribution in [-0.4, -0.2) is 9.97 Å². The number of benzene rings is 2. The van der Waals surface area contributed by atoms with E-state index < -0.39 is 0 Å². The summed E-state index contributed by atoms with van der Waals surface area (Å²) in [6, 6.07) is 11.5. The lowest BCUT2D eigenvalue weighted by molar-refractivity contribution is 0.885. The van der Waals surface area contributed by atoms with Crippen LogP contribution >= 0.6 is 27.5 Å². The van der Waals surface area contributed by atoms with E-state index in [0.29, 0.717) is 5.02 Å². The zero-order valence-electron chi connectivity index (χ0n) is 11.2. The first kappa shape index (κ1) is 14.2. The Balaban J connectivity index is 1.90. The molecule has 2 aromatic carbocycles. The molecule has 0 aliphatic heterocycles. The zero-order chi connectivity index (χ0) is 15.0. The second-order valence-corrected chi connectivity index (χ2v) is 6.17. The molecule has 3 aromatic rings. The molecule has 0 amide bonds. The van der Waals surface area contributed by atoms with Crippen molar-refractivity contribution in [1.82, 2.24) is 9.97 Å². The van der Waals surface area contributed by atoms with Crippen molar-refractivity contribution in [2.24, 2.45) is 0 Å². The third-order valence-corrected chi connectivity index (χ3v) is 4.27. The van der Waals surface area contributed by atoms with E-state index in [9.17, 15) is 4.79 Å². The summed E-state index contributed by atoms with van der Waals surface area (Å²) in [4.78, 5) is 16.8. The lowest BCUT2D eigenvalue weighted by atomic mass is 10.1. The summed E-state index contributed by atoms with van der Waals surface area (Å²) in [5, 5.41) is 4.08. The number of nitrogens with one attached hydrogen (secondary N) is 3. The van der Waals surface area contributed by atoms with Gasteiger partial charge in [-0.1, -0.05) is 17.7 Å². The first-order valence-corrected chi connectivity index (χ1v) is 7.63. The number of H-pyrrole nitrogens is 2. The van der Waals surface area contributed by atoms with Crippen molar-refractivity contribution in [3.63, 3.8) is 0 Å². The number of hydrogen-bond donors (Lipinski definition) is 3. The van der Waals surface area contributed by atoms with Crippen molar-refractivity contribution < 1.29 is 0 Å². The quantitative estimate of drug-likeness (QED) is 0.641. The van der Waals surface area contributed by atoms with Gasteiger partial charge in [-0.25, -0.2) is 4.79 Å². The van der Waals surface area contributed by atoms with E-state index in [1.807, 2.05) is 36.4 Å². The molecule has 1 aromatic heterocycles. The van der Waals surface area contributed by atoms with Crippen LogP contribution < -0.4 is 11.0 Å². The number of hydrogen-bond acceptors (Lipinski definition) is 2. The maximum absolute atomic E-state index is 11.3. The van der Waals surface area contributed by atoms with Gasteiger partial charge in [0.25, 0.3) is 0 Å². The van der Waals surface area contributed by atoms with Gasteiger partial charge < -0.3 is 15.3 Å². The number of halogens is 2. The maximum atomic E-state index is 11.3. The van der Waals surface area contributed by atoms with Crippen LogP contribution in [0.5, 0.6) is 0 Å². The van der Waals surface area contributed by atoms with E-state index >= 15 is 0 Å². The van der Waals surface area contributed by atoms with Crippen LogP contribution in [0.1, 0.15) is 18.5 Å². The molecule has 21 heavy (non-hydrogen) atoms. The highest BCUT2D eigenvalue weighted by Gasteiger charge is 2.09. The maximum Gasteiger partial charge on any atom is 0.323 e. The molecule has 108 valence electrons. The molecule has 0 spiro atoms. The highest BCUT2D eigenvalue weighted by atomic mass is 79.9. The SMILES string of the molecule is CC(Nc1cc(Cl)ccc1Br)c1ccc2[nH]c(=O)[nH]c2c1. The van der Waals surface area contributed by atoms with Crippen LogP contribution in [0.4, 0.5) is 5.69 Å². The Kier molecular flexibility index (Phi) is 3.78. The molecule has 1 heterocycles. The Bertz CT molecular complexity index is 855. The molecule has 0 radical (unpaired) electrons. The van der Waals surface area contributed by atoms with Gasteiger partial charge in [-0.05, 0) is 58.7 Å². The van der Waals surface area contributed by atoms with Crippen molar-refractivity contribution in [1.29, 1.82) is 0 Å². The van der Waals surface area contributed by atoms with Crippen molar-refractivity contribution >= 4 is 44.3 Å². The van der Waals surface area contributed by atoms with Crippen molar-refractivity contribution in [2.45, 2.75) is 13.0 Å². The third kappa shape index (κ3) is 2.99. The van der Waals surface area contributed by atoms with E-state index in [1.54, 1.807) is 0 Å². The fourth-order valence-electron chi connectivity index (χ4n) is 2.24. The first-order valence-electron chi connectivity index (χ1n) is 6.46. The minimum absolute atomic E-state index is 0.0718. The summed E-state index contributed by atoms with van der Waals surface area (Å²) in [6.45, 7) is 2.05. The Morgan fingerprint density at radius 3 is 2.71 bits per heavy atom. The first-order chi connectivity index (χ1) is 10.0. The fourth-order valence-corrected chi connectivity index (χ4v) is 2.78. The minimum atomic E-state index is -0.194. The molecule has 1 atom stereocenters. The summed E-state index contributed by atoms with van der Waals surface area (Å²) in [7, 11) is 0. The highest BCUT2D eigenvalue weighted by molar-refractivity contribution is 9.10. The normalized spacial score (nSPS) is 12.5. The smallest absolute Gasteiger partial charge is 0.323 e. The van der Waals surface area contributed by atoms with Crippen LogP contribution in [0.3, 0.4) is 0 Å². The lowest BCUT2D eigenvalue weighted by Crippen LogP contribution is -2.07. The van der Waals surface area contributed by atoms with Crippen molar-refractivity contribution in [2.75, 3.05) is 5.32 Å². The van der Waals surface area contributed by atoms with E-state index in [0.717, 1.165) is 26.8 Å². The summed E-state index contributed by atoms with van der Waals surface area (Å²) >= 11 is 9.52. The second-order valence-electron chi connectivity index (χ2n) is 4.87. The Labute approximate surface area is 134 Å². The van der Waals surface area contributed by atoms with Gasteiger partial charge >= 0.3 is 5.69 Å². The van der Waals surface area contributed by atoms with Gasteiger partial charge in [0.1, 0.15) is 0 Å². The minimum Gasteiger partial charge on any atom is -0.378 e. The van der Waals surface area contributed by atoms with Crippen LogP contribution in [0, 0.1) is 0 Å². The molecule has 0 bridgehead atoms. The van der Waals surface area contributed by atoms with Crippen LogP contribution in [-0.2, 0) is 0 Å². The van der Waals surface area contributed by atoms with E-state index in [-0.39, 0.29) is 11.7 Å². The molecular formula is C15H13BrClN3O. The Hall–Kier alpha value is -1.72. The molecule has 1 unspecified atom stereocenters. The van der Waals surface area contributed by atoms with Crippen molar-refractivity contribution in [3.05, 3.63) is 61.9 Å². The lowest BCUT2D eigenvalue weighted by Gasteiger charge is -2.17. The molecule has 0 aliphatic rings. The summed E-state index contributed by atoms with van der Waals surface area (Å²) < 4.78 is 0.954. The van der Waals surface area contributed by atoms with Gasteiger partial charge in [0.05, 0.1) is 16.7 Å². The largest absolute Gasteiger partial charge is 0.378 e. The topological polar surface area (TPSA) is 60.7 Å². The average Bonchev–Trinajstić information content (AvgIpc) is 2.81. The third-order valence-electron chi connectivity index (χ3n) is 3.34. The summed E-state index contributed by atoms with van der Waals surface area (Å²) in [5.41, 5.74) is 3.42. The van der Waals surface area contributed by atoms with E-state index in [2.05, 4.69) is 38.1 Å². The summed E-state index contributed by atoms with van der Waals surface area (Å²) in [6.07, 6.45) is 0. The number of rotatable bonds is 3. The predicted molar refractivity (Wildman–Crippen MR) is 90.1 cm³/mol. The van der Waals surface area contributed by atoms with Crippen LogP contribution in [0.2, 0.25) is 5.02 Å². The number of anilines is 1. The van der Waals surface area contributed by atoms with Gasteiger partial charge in [-0.2, -0.15) is 0 Å². The molecule has 3 rings (SSSR count). The standard InChI is InChI=1S/C15H13BrClN3O/c1-8(18-13-7-10(17)3-4-11(13)16)9-2-5-12-14(6-9)20-15(21)19-12/h2-8,18H,1H3,(H2,19,20,21). The summed E-state index contributed by atoms with van der Waals surface area (Å²) in [5.74, 6) is 0. The van der Waals surface area contributed by atoms with Gasteiger partial charge in [-0.3, -0.25) is 0 Å². The van der Waals surface area contributed by atoms with Crippen molar-refractivity contribution in [3.8, 4) is 0 Å². The number of aromatic nitrogens is 2. The van der Waals surface area contributed by atoms with E-state index in [4.69, 9.17) is 11.6 Å². The Morgan fingerprint density at radius 2 is 1.90 bits per heavy atom. The molecule has 0 fully saturated rings. The number of imidazole rings is 1. The predicted octanol–water partition coefficient (Wildman–Crippen LogP) is 4.45.